The summed E-state index contributed by atoms with van der Waals surface area (Å²) in [7, 11) is 1.60. The predicted molar refractivity (Wildman–Crippen MR) is 85.8 cm³/mol. The summed E-state index contributed by atoms with van der Waals surface area (Å²) in [5.74, 6) is 1.44. The van der Waals surface area contributed by atoms with Crippen molar-refractivity contribution in [3.8, 4) is 5.75 Å². The number of fused-ring (bicyclic) bond motifs is 2. The second-order valence-corrected chi connectivity index (χ2v) is 4.81. The maximum Gasteiger partial charge on any atom is 0.369 e. The lowest BCUT2D eigenvalue weighted by Crippen LogP contribution is -2.16. The van der Waals surface area contributed by atoms with Gasteiger partial charge in [-0.25, -0.2) is 14.8 Å². The number of nitrogens with zero attached hydrogens (tertiary/aromatic N) is 4. The SMILES string of the molecule is COc1cc2ccccc2cc1C1=NC2=NC(=O)N=CC2=N1. The highest BCUT2D eigenvalue weighted by Gasteiger charge is 2.24. The molecule has 0 aromatic heterocycles. The third-order valence-corrected chi connectivity index (χ3v) is 3.47. The number of urea groups is 1. The topological polar surface area (TPSA) is 75.7 Å². The van der Waals surface area contributed by atoms with Gasteiger partial charge >= 0.3 is 6.03 Å². The Bertz CT molecular complexity index is 938. The van der Waals surface area contributed by atoms with E-state index in [1.54, 1.807) is 7.11 Å². The van der Waals surface area contributed by atoms with Crippen molar-refractivity contribution in [2.75, 3.05) is 7.11 Å². The number of carbonyl (C=O) groups is 1. The molecule has 2 aromatic rings. The Morgan fingerprint density at radius 1 is 0.955 bits per heavy atom. The first-order valence-corrected chi connectivity index (χ1v) is 6.66. The number of methoxy groups -OCH3 is 1. The van der Waals surface area contributed by atoms with Crippen LogP contribution in [0.4, 0.5) is 4.79 Å². The molecular weight excluding hydrogens is 280 g/mol. The highest BCUT2D eigenvalue weighted by Crippen LogP contribution is 2.28. The third-order valence-electron chi connectivity index (χ3n) is 3.47. The van der Waals surface area contributed by atoms with Crippen LogP contribution in [0.2, 0.25) is 0 Å². The van der Waals surface area contributed by atoms with E-state index in [2.05, 4.69) is 20.0 Å². The Hall–Kier alpha value is -3.15. The highest BCUT2D eigenvalue weighted by molar-refractivity contribution is 6.68. The molecule has 0 bridgehead atoms. The Balaban J connectivity index is 1.90. The van der Waals surface area contributed by atoms with Gasteiger partial charge in [-0.3, -0.25) is 0 Å². The van der Waals surface area contributed by atoms with Crippen molar-refractivity contribution < 1.29 is 9.53 Å². The normalized spacial score (nSPS) is 16.2. The summed E-state index contributed by atoms with van der Waals surface area (Å²) < 4.78 is 5.45. The molecule has 0 N–H and O–H groups in total. The molecule has 0 saturated heterocycles. The van der Waals surface area contributed by atoms with Crippen LogP contribution in [0.1, 0.15) is 5.56 Å². The van der Waals surface area contributed by atoms with Crippen LogP contribution in [0.15, 0.2) is 56.4 Å². The Labute approximate surface area is 125 Å². The molecule has 0 spiro atoms. The van der Waals surface area contributed by atoms with Crippen molar-refractivity contribution in [3.05, 3.63) is 42.0 Å². The van der Waals surface area contributed by atoms with Gasteiger partial charge in [-0.1, -0.05) is 24.3 Å². The van der Waals surface area contributed by atoms with E-state index in [4.69, 9.17) is 4.74 Å². The molecule has 2 heterocycles. The van der Waals surface area contributed by atoms with Gasteiger partial charge in [-0.05, 0) is 22.9 Å². The number of hydrogen-bond acceptors (Lipinski definition) is 4. The maximum absolute atomic E-state index is 11.2. The van der Waals surface area contributed by atoms with Gasteiger partial charge in [0.15, 0.2) is 11.7 Å². The molecule has 0 radical (unpaired) electrons. The van der Waals surface area contributed by atoms with Crippen LogP contribution in [0.5, 0.6) is 5.75 Å². The fraction of sp³-hybridized carbons (Fsp3) is 0.0625. The minimum absolute atomic E-state index is 0.296. The van der Waals surface area contributed by atoms with Gasteiger partial charge in [-0.2, -0.15) is 9.98 Å². The quantitative estimate of drug-likeness (QED) is 0.852. The second kappa shape index (κ2) is 4.70. The number of hydrogen-bond donors (Lipinski definition) is 0. The van der Waals surface area contributed by atoms with Gasteiger partial charge in [-0.15, -0.1) is 0 Å². The summed E-state index contributed by atoms with van der Waals surface area (Å²) in [6.45, 7) is 0. The molecule has 0 atom stereocenters. The number of aliphatic imine (C=N–C) groups is 4. The van der Waals surface area contributed by atoms with E-state index in [9.17, 15) is 4.79 Å². The molecular formula is C16H10N4O2. The minimum Gasteiger partial charge on any atom is -0.496 e. The summed E-state index contributed by atoms with van der Waals surface area (Å²) in [5, 5.41) is 2.13. The van der Waals surface area contributed by atoms with Gasteiger partial charge in [0.1, 0.15) is 11.5 Å². The Morgan fingerprint density at radius 2 is 1.73 bits per heavy atom. The van der Waals surface area contributed by atoms with Gasteiger partial charge in [0.05, 0.1) is 18.9 Å². The average molecular weight is 290 g/mol. The van der Waals surface area contributed by atoms with E-state index in [0.717, 1.165) is 16.3 Å². The predicted octanol–water partition coefficient (Wildman–Crippen LogP) is 2.65. The molecule has 2 aliphatic rings. The fourth-order valence-electron chi connectivity index (χ4n) is 2.43. The van der Waals surface area contributed by atoms with Crippen molar-refractivity contribution >= 4 is 40.4 Å². The van der Waals surface area contributed by atoms with Crippen LogP contribution in [0.25, 0.3) is 10.8 Å². The summed E-state index contributed by atoms with van der Waals surface area (Å²) in [6.07, 6.45) is 1.38. The zero-order valence-electron chi connectivity index (χ0n) is 11.6. The molecule has 2 aliphatic heterocycles. The Kier molecular flexibility index (Phi) is 2.69. The van der Waals surface area contributed by atoms with Crippen molar-refractivity contribution in [2.24, 2.45) is 20.0 Å². The van der Waals surface area contributed by atoms with Gasteiger partial charge in [0, 0.05) is 0 Å². The molecule has 6 nitrogen and oxygen atoms in total. The zero-order valence-corrected chi connectivity index (χ0v) is 11.6. The molecule has 4 rings (SSSR count). The lowest BCUT2D eigenvalue weighted by Gasteiger charge is -2.08. The fourth-order valence-corrected chi connectivity index (χ4v) is 2.43. The summed E-state index contributed by atoms with van der Waals surface area (Å²) in [6, 6.07) is 11.3. The van der Waals surface area contributed by atoms with Crippen molar-refractivity contribution in [1.29, 1.82) is 0 Å². The molecule has 0 saturated carbocycles. The van der Waals surface area contributed by atoms with E-state index in [1.807, 2.05) is 36.4 Å². The summed E-state index contributed by atoms with van der Waals surface area (Å²) in [4.78, 5) is 27.3. The average Bonchev–Trinajstić information content (AvgIpc) is 2.96. The standard InChI is InChI=1S/C16H10N4O2/c1-22-13-7-10-5-3-2-4-9(10)6-11(13)14-18-12-8-17-16(21)20-15(12)19-14/h2-8H,1H3. The minimum atomic E-state index is -0.565. The summed E-state index contributed by atoms with van der Waals surface area (Å²) in [5.41, 5.74) is 1.25. The molecule has 6 heteroatoms. The first-order chi connectivity index (χ1) is 10.7. The van der Waals surface area contributed by atoms with Crippen molar-refractivity contribution in [3.63, 3.8) is 0 Å². The molecule has 2 amide bonds. The lowest BCUT2D eigenvalue weighted by atomic mass is 10.1. The number of benzene rings is 2. The van der Waals surface area contributed by atoms with E-state index in [0.29, 0.717) is 23.1 Å². The van der Waals surface area contributed by atoms with E-state index < -0.39 is 6.03 Å². The van der Waals surface area contributed by atoms with Crippen LogP contribution < -0.4 is 4.74 Å². The van der Waals surface area contributed by atoms with Crippen LogP contribution >= 0.6 is 0 Å². The van der Waals surface area contributed by atoms with Crippen molar-refractivity contribution in [2.45, 2.75) is 0 Å². The van der Waals surface area contributed by atoms with Crippen LogP contribution in [-0.2, 0) is 0 Å². The molecule has 0 aliphatic carbocycles. The van der Waals surface area contributed by atoms with E-state index in [-0.39, 0.29) is 0 Å². The van der Waals surface area contributed by atoms with Crippen molar-refractivity contribution in [1.82, 2.24) is 0 Å². The van der Waals surface area contributed by atoms with Crippen LogP contribution in [-0.4, -0.2) is 36.7 Å². The first kappa shape index (κ1) is 12.6. The molecule has 106 valence electrons. The summed E-state index contributed by atoms with van der Waals surface area (Å²) >= 11 is 0. The number of carbonyl (C=O) groups excluding carboxylic acids is 1. The van der Waals surface area contributed by atoms with E-state index >= 15 is 0 Å². The van der Waals surface area contributed by atoms with Crippen LogP contribution in [0, 0.1) is 0 Å². The van der Waals surface area contributed by atoms with Crippen LogP contribution in [0.3, 0.4) is 0 Å². The number of amidine groups is 2. The van der Waals surface area contributed by atoms with Gasteiger partial charge in [0.25, 0.3) is 0 Å². The molecule has 22 heavy (non-hydrogen) atoms. The zero-order chi connectivity index (χ0) is 15.1. The number of ether oxygens (including phenoxy) is 1. The molecule has 0 fully saturated rings. The number of amides is 2. The smallest absolute Gasteiger partial charge is 0.369 e. The first-order valence-electron chi connectivity index (χ1n) is 6.66. The lowest BCUT2D eigenvalue weighted by molar-refractivity contribution is 0.257. The third kappa shape index (κ3) is 1.93. The van der Waals surface area contributed by atoms with Gasteiger partial charge < -0.3 is 4.74 Å². The number of rotatable bonds is 2. The van der Waals surface area contributed by atoms with E-state index in [1.165, 1.54) is 6.21 Å². The monoisotopic (exact) mass is 290 g/mol. The van der Waals surface area contributed by atoms with Gasteiger partial charge in [0.2, 0.25) is 0 Å². The Morgan fingerprint density at radius 3 is 2.50 bits per heavy atom. The molecule has 2 aromatic carbocycles. The second-order valence-electron chi connectivity index (χ2n) is 4.81. The maximum atomic E-state index is 11.2. The molecule has 0 unspecified atom stereocenters. The largest absolute Gasteiger partial charge is 0.496 e. The highest BCUT2D eigenvalue weighted by atomic mass is 16.5.